The zero-order valence-corrected chi connectivity index (χ0v) is 15.5. The largest absolute Gasteiger partial charge is 0.378 e. The second-order valence-electron chi connectivity index (χ2n) is 6.86. The van der Waals surface area contributed by atoms with Crippen molar-refractivity contribution < 1.29 is 4.74 Å². The summed E-state index contributed by atoms with van der Waals surface area (Å²) < 4.78 is 5.47. The monoisotopic (exact) mass is 368 g/mol. The Kier molecular flexibility index (Phi) is 4.43. The smallest absolute Gasteiger partial charge is 0.152 e. The molecule has 0 atom stereocenters. The topological polar surface area (TPSA) is 51.1 Å². The summed E-state index contributed by atoms with van der Waals surface area (Å²) in [5.74, 6) is 0.889. The molecule has 0 bridgehead atoms. The minimum Gasteiger partial charge on any atom is -0.378 e. The van der Waals surface area contributed by atoms with E-state index >= 15 is 0 Å². The van der Waals surface area contributed by atoms with Crippen LogP contribution in [0.4, 0.5) is 5.82 Å². The van der Waals surface area contributed by atoms with Crippen molar-refractivity contribution in [3.8, 4) is 22.4 Å². The average Bonchev–Trinajstić information content (AvgIpc) is 2.79. The predicted molar refractivity (Wildman–Crippen MR) is 111 cm³/mol. The normalized spacial score (nSPS) is 14.4. The van der Waals surface area contributed by atoms with E-state index in [1.807, 2.05) is 24.5 Å². The summed E-state index contributed by atoms with van der Waals surface area (Å²) in [5, 5.41) is 11.6. The van der Waals surface area contributed by atoms with Crippen LogP contribution in [0, 0.1) is 0 Å². The van der Waals surface area contributed by atoms with Gasteiger partial charge in [-0.1, -0.05) is 36.4 Å². The van der Waals surface area contributed by atoms with Gasteiger partial charge in [0, 0.05) is 36.6 Å². The minimum atomic E-state index is 0.721. The molecule has 0 spiro atoms. The number of benzene rings is 2. The summed E-state index contributed by atoms with van der Waals surface area (Å²) in [7, 11) is 0. The molecule has 2 aromatic carbocycles. The first-order valence-corrected chi connectivity index (χ1v) is 9.48. The number of nitrogens with zero attached hydrogens (tertiary/aromatic N) is 4. The van der Waals surface area contributed by atoms with Gasteiger partial charge in [0.05, 0.1) is 13.2 Å². The Balaban J connectivity index is 1.65. The molecule has 0 radical (unpaired) electrons. The highest BCUT2D eigenvalue weighted by atomic mass is 16.5. The van der Waals surface area contributed by atoms with Crippen LogP contribution in [0.1, 0.15) is 0 Å². The van der Waals surface area contributed by atoms with Crippen molar-refractivity contribution in [2.75, 3.05) is 31.2 Å². The van der Waals surface area contributed by atoms with E-state index in [9.17, 15) is 0 Å². The van der Waals surface area contributed by atoms with Gasteiger partial charge in [-0.25, -0.2) is 0 Å². The molecule has 0 N–H and O–H groups in total. The molecule has 5 heteroatoms. The molecule has 3 heterocycles. The Hall–Kier alpha value is -3.31. The third kappa shape index (κ3) is 3.21. The molecule has 138 valence electrons. The van der Waals surface area contributed by atoms with Crippen molar-refractivity contribution in [1.82, 2.24) is 15.2 Å². The van der Waals surface area contributed by atoms with Crippen molar-refractivity contribution in [2.45, 2.75) is 0 Å². The van der Waals surface area contributed by atoms with E-state index in [0.717, 1.165) is 54.5 Å². The SMILES string of the molecule is c1ccc2cc(-c3nnc(N4CCOCC4)cc3-c3ccncc3)ccc2c1. The quantitative estimate of drug-likeness (QED) is 0.543. The van der Waals surface area contributed by atoms with Gasteiger partial charge in [0.15, 0.2) is 5.82 Å². The fourth-order valence-corrected chi connectivity index (χ4v) is 3.63. The Labute approximate surface area is 163 Å². The van der Waals surface area contributed by atoms with E-state index in [0.29, 0.717) is 0 Å². The fraction of sp³-hybridized carbons (Fsp3) is 0.174. The van der Waals surface area contributed by atoms with Crippen molar-refractivity contribution in [3.05, 3.63) is 73.1 Å². The van der Waals surface area contributed by atoms with Crippen LogP contribution in [0.25, 0.3) is 33.2 Å². The van der Waals surface area contributed by atoms with E-state index in [4.69, 9.17) is 4.74 Å². The third-order valence-corrected chi connectivity index (χ3v) is 5.13. The first-order chi connectivity index (χ1) is 13.9. The zero-order valence-electron chi connectivity index (χ0n) is 15.5. The first-order valence-electron chi connectivity index (χ1n) is 9.48. The molecule has 1 fully saturated rings. The van der Waals surface area contributed by atoms with Gasteiger partial charge in [0.1, 0.15) is 5.69 Å². The van der Waals surface area contributed by atoms with Gasteiger partial charge < -0.3 is 9.64 Å². The van der Waals surface area contributed by atoms with Gasteiger partial charge in [0.2, 0.25) is 0 Å². The lowest BCUT2D eigenvalue weighted by Crippen LogP contribution is -2.36. The summed E-state index contributed by atoms with van der Waals surface area (Å²) >= 11 is 0. The highest BCUT2D eigenvalue weighted by molar-refractivity contribution is 5.90. The lowest BCUT2D eigenvalue weighted by molar-refractivity contribution is 0.122. The van der Waals surface area contributed by atoms with Gasteiger partial charge in [-0.2, -0.15) is 0 Å². The van der Waals surface area contributed by atoms with Gasteiger partial charge >= 0.3 is 0 Å². The first kappa shape index (κ1) is 16.8. The number of morpholine rings is 1. The van der Waals surface area contributed by atoms with Gasteiger partial charge in [0.25, 0.3) is 0 Å². The number of hydrogen-bond acceptors (Lipinski definition) is 5. The summed E-state index contributed by atoms with van der Waals surface area (Å²) in [5.41, 5.74) is 4.09. The summed E-state index contributed by atoms with van der Waals surface area (Å²) in [4.78, 5) is 6.39. The summed E-state index contributed by atoms with van der Waals surface area (Å²) in [6.45, 7) is 3.11. The van der Waals surface area contributed by atoms with Crippen molar-refractivity contribution in [1.29, 1.82) is 0 Å². The maximum Gasteiger partial charge on any atom is 0.152 e. The Bertz CT molecular complexity index is 1110. The van der Waals surface area contributed by atoms with E-state index in [-0.39, 0.29) is 0 Å². The van der Waals surface area contributed by atoms with Crippen LogP contribution in [0.5, 0.6) is 0 Å². The van der Waals surface area contributed by atoms with Gasteiger partial charge in [-0.15, -0.1) is 10.2 Å². The number of ether oxygens (including phenoxy) is 1. The van der Waals surface area contributed by atoms with Crippen molar-refractivity contribution >= 4 is 16.6 Å². The average molecular weight is 368 g/mol. The van der Waals surface area contributed by atoms with E-state index in [1.165, 1.54) is 10.8 Å². The molecule has 0 amide bonds. The van der Waals surface area contributed by atoms with Crippen molar-refractivity contribution in [3.63, 3.8) is 0 Å². The Morgan fingerprint density at radius 2 is 1.54 bits per heavy atom. The van der Waals surface area contributed by atoms with Crippen molar-refractivity contribution in [2.24, 2.45) is 0 Å². The van der Waals surface area contributed by atoms with Crippen LogP contribution < -0.4 is 4.90 Å². The summed E-state index contributed by atoms with van der Waals surface area (Å²) in [6, 6.07) is 21.0. The van der Waals surface area contributed by atoms with Crippen LogP contribution in [-0.4, -0.2) is 41.5 Å². The number of rotatable bonds is 3. The Morgan fingerprint density at radius 1 is 0.750 bits per heavy atom. The van der Waals surface area contributed by atoms with E-state index in [1.54, 1.807) is 0 Å². The third-order valence-electron chi connectivity index (χ3n) is 5.13. The lowest BCUT2D eigenvalue weighted by atomic mass is 9.98. The molecule has 4 aromatic rings. The number of anilines is 1. The fourth-order valence-electron chi connectivity index (χ4n) is 3.63. The molecule has 2 aromatic heterocycles. The molecule has 1 aliphatic heterocycles. The van der Waals surface area contributed by atoms with Crippen LogP contribution in [0.15, 0.2) is 73.1 Å². The molecule has 0 unspecified atom stereocenters. The molecular weight excluding hydrogens is 348 g/mol. The lowest BCUT2D eigenvalue weighted by Gasteiger charge is -2.28. The second-order valence-corrected chi connectivity index (χ2v) is 6.86. The highest BCUT2D eigenvalue weighted by Crippen LogP contribution is 2.33. The molecule has 5 rings (SSSR count). The van der Waals surface area contributed by atoms with Crippen LogP contribution in [0.2, 0.25) is 0 Å². The number of pyridine rings is 1. The maximum atomic E-state index is 5.47. The van der Waals surface area contributed by atoms with Crippen LogP contribution in [-0.2, 0) is 4.74 Å². The minimum absolute atomic E-state index is 0.721. The second kappa shape index (κ2) is 7.37. The van der Waals surface area contributed by atoms with E-state index < -0.39 is 0 Å². The van der Waals surface area contributed by atoms with E-state index in [2.05, 4.69) is 68.6 Å². The number of fused-ring (bicyclic) bond motifs is 1. The molecule has 28 heavy (non-hydrogen) atoms. The molecule has 1 saturated heterocycles. The molecule has 0 saturated carbocycles. The number of aromatic nitrogens is 3. The van der Waals surface area contributed by atoms with Gasteiger partial charge in [-0.05, 0) is 40.6 Å². The van der Waals surface area contributed by atoms with Gasteiger partial charge in [-0.3, -0.25) is 4.98 Å². The standard InChI is InChI=1S/C23H20N4O/c1-2-4-19-15-20(6-5-17(19)3-1)23-21(18-7-9-24-10-8-18)16-22(25-26-23)27-11-13-28-14-12-27/h1-10,15-16H,11-14H2. The Morgan fingerprint density at radius 3 is 2.36 bits per heavy atom. The molecule has 5 nitrogen and oxygen atoms in total. The summed E-state index contributed by atoms with van der Waals surface area (Å²) in [6.07, 6.45) is 3.63. The zero-order chi connectivity index (χ0) is 18.8. The predicted octanol–water partition coefficient (Wildman–Crippen LogP) is 4.20. The highest BCUT2D eigenvalue weighted by Gasteiger charge is 2.17. The maximum absolute atomic E-state index is 5.47. The molecule has 1 aliphatic rings. The van der Waals surface area contributed by atoms with Crippen LogP contribution in [0.3, 0.4) is 0 Å². The number of hydrogen-bond donors (Lipinski definition) is 0. The van der Waals surface area contributed by atoms with Crippen LogP contribution >= 0.6 is 0 Å². The molecular formula is C23H20N4O. The molecule has 0 aliphatic carbocycles.